The van der Waals surface area contributed by atoms with Gasteiger partial charge in [-0.1, -0.05) is 79.7 Å². The highest BCUT2D eigenvalue weighted by atomic mass is 32.2. The minimum absolute atomic E-state index is 0.0590. The van der Waals surface area contributed by atoms with Gasteiger partial charge in [0.1, 0.15) is 12.1 Å². The molecule has 0 radical (unpaired) electrons. The summed E-state index contributed by atoms with van der Waals surface area (Å²) in [6, 6.07) is -3.64. The van der Waals surface area contributed by atoms with Crippen LogP contribution in [0.3, 0.4) is 0 Å². The lowest BCUT2D eigenvalue weighted by atomic mass is 9.79. The predicted molar refractivity (Wildman–Crippen MR) is 199 cm³/mol. The topological polar surface area (TPSA) is 171 Å². The fourth-order valence-corrected chi connectivity index (χ4v) is 8.57. The van der Waals surface area contributed by atoms with E-state index in [1.807, 2.05) is 20.8 Å². The van der Waals surface area contributed by atoms with Crippen molar-refractivity contribution in [3.63, 3.8) is 0 Å². The number of sulfone groups is 1. The maximum atomic E-state index is 14.6. The molecular weight excluding hydrogens is 671 g/mol. The van der Waals surface area contributed by atoms with Gasteiger partial charge >= 0.3 is 6.03 Å². The Labute approximate surface area is 306 Å². The average molecular weight is 736 g/mol. The molecule has 3 rings (SSSR count). The van der Waals surface area contributed by atoms with Crippen LogP contribution >= 0.6 is 0 Å². The molecule has 0 spiro atoms. The van der Waals surface area contributed by atoms with Crippen molar-refractivity contribution in [3.8, 4) is 0 Å². The summed E-state index contributed by atoms with van der Waals surface area (Å²) >= 11 is 0. The van der Waals surface area contributed by atoms with Crippen LogP contribution in [-0.2, 0) is 29.0 Å². The minimum atomic E-state index is -3.57. The summed E-state index contributed by atoms with van der Waals surface area (Å²) in [6.45, 7) is 20.6. The summed E-state index contributed by atoms with van der Waals surface area (Å²) in [4.78, 5) is 69.9. The largest absolute Gasteiger partial charge is 0.346 e. The summed E-state index contributed by atoms with van der Waals surface area (Å²) in [5.41, 5.74) is -2.00. The lowest BCUT2D eigenvalue weighted by Gasteiger charge is -2.41. The second-order valence-corrected chi connectivity index (χ2v) is 21.1. The van der Waals surface area contributed by atoms with E-state index in [-0.39, 0.29) is 30.2 Å². The van der Waals surface area contributed by atoms with Gasteiger partial charge in [-0.3, -0.25) is 19.2 Å². The normalized spacial score (nSPS) is 22.3. The van der Waals surface area contributed by atoms with Crippen molar-refractivity contribution < 1.29 is 32.4 Å². The fourth-order valence-electron chi connectivity index (χ4n) is 7.05. The van der Waals surface area contributed by atoms with Gasteiger partial charge in [-0.15, -0.1) is 6.58 Å². The summed E-state index contributed by atoms with van der Waals surface area (Å²) < 4.78 is 25.7. The van der Waals surface area contributed by atoms with E-state index < -0.39 is 73.2 Å². The first-order chi connectivity index (χ1) is 23.4. The second kappa shape index (κ2) is 16.4. The minimum Gasteiger partial charge on any atom is -0.346 e. The highest BCUT2D eigenvalue weighted by molar-refractivity contribution is 7.92. The van der Waals surface area contributed by atoms with Gasteiger partial charge in [0.25, 0.3) is 5.91 Å². The highest BCUT2D eigenvalue weighted by Gasteiger charge is 2.49. The summed E-state index contributed by atoms with van der Waals surface area (Å²) in [5.74, 6) is -2.26. The molecule has 5 amide bonds. The smallest absolute Gasteiger partial charge is 0.315 e. The molecule has 1 saturated heterocycles. The summed E-state index contributed by atoms with van der Waals surface area (Å²) in [5, 5.41) is 11.3. The molecule has 1 heterocycles. The Bertz CT molecular complexity index is 1410. The number of urea groups is 1. The average Bonchev–Trinajstić information content (AvgIpc) is 3.72. The number of nitrogens with one attached hydrogen (secondary N) is 4. The van der Waals surface area contributed by atoms with Crippen LogP contribution in [0.1, 0.15) is 127 Å². The molecule has 12 nitrogen and oxygen atoms in total. The van der Waals surface area contributed by atoms with Crippen molar-refractivity contribution in [1.29, 1.82) is 0 Å². The Hall–Kier alpha value is -2.96. The molecule has 51 heavy (non-hydrogen) atoms. The molecule has 2 saturated carbocycles. The molecule has 13 heteroatoms. The van der Waals surface area contributed by atoms with Crippen molar-refractivity contribution in [1.82, 2.24) is 26.2 Å². The van der Waals surface area contributed by atoms with E-state index in [2.05, 4.69) is 48.6 Å². The third-order valence-electron chi connectivity index (χ3n) is 10.9. The maximum Gasteiger partial charge on any atom is 0.315 e. The fraction of sp³-hybridized carbons (Fsp3) is 0.816. The molecule has 0 aromatic carbocycles. The molecule has 290 valence electrons. The van der Waals surface area contributed by atoms with Crippen LogP contribution < -0.4 is 21.3 Å². The van der Waals surface area contributed by atoms with E-state index in [4.69, 9.17) is 0 Å². The first kappa shape index (κ1) is 42.5. The number of rotatable bonds is 14. The summed E-state index contributed by atoms with van der Waals surface area (Å²) in [6.07, 6.45) is 8.48. The number of Topliss-reactive ketones (excluding diaryl/α,β-unsaturated/α-hetero) is 1. The molecule has 2 aliphatic carbocycles. The number of likely N-dealkylation sites (tertiary alicyclic amines) is 1. The van der Waals surface area contributed by atoms with Crippen molar-refractivity contribution in [2.45, 2.75) is 155 Å². The van der Waals surface area contributed by atoms with Gasteiger partial charge in [-0.05, 0) is 75.5 Å². The molecule has 0 aromatic rings. The van der Waals surface area contributed by atoms with E-state index in [1.54, 1.807) is 20.8 Å². The lowest BCUT2D eigenvalue weighted by molar-refractivity contribution is -0.143. The van der Waals surface area contributed by atoms with Gasteiger partial charge in [0.15, 0.2) is 9.84 Å². The Kier molecular flexibility index (Phi) is 13.6. The van der Waals surface area contributed by atoms with Gasteiger partial charge < -0.3 is 26.2 Å². The van der Waals surface area contributed by atoms with Crippen molar-refractivity contribution in [2.75, 3.05) is 18.8 Å². The Balaban J connectivity index is 1.88. The highest BCUT2D eigenvalue weighted by Crippen LogP contribution is 2.39. The van der Waals surface area contributed by atoms with E-state index >= 15 is 0 Å². The first-order valence-electron chi connectivity index (χ1n) is 18.8. The molecule has 3 fully saturated rings. The lowest BCUT2D eigenvalue weighted by Crippen LogP contribution is -2.63. The van der Waals surface area contributed by atoms with E-state index in [9.17, 15) is 32.4 Å². The summed E-state index contributed by atoms with van der Waals surface area (Å²) in [7, 11) is -3.57. The van der Waals surface area contributed by atoms with Gasteiger partial charge in [-0.25, -0.2) is 13.2 Å². The molecule has 0 aromatic heterocycles. The van der Waals surface area contributed by atoms with Crippen molar-refractivity contribution >= 4 is 39.4 Å². The van der Waals surface area contributed by atoms with E-state index in [0.717, 1.165) is 32.1 Å². The zero-order chi connectivity index (χ0) is 38.6. The number of nitrogens with zero attached hydrogens (tertiary/aromatic N) is 1. The third-order valence-corrected chi connectivity index (χ3v) is 13.7. The molecule has 3 aliphatic rings. The van der Waals surface area contributed by atoms with Gasteiger partial charge in [0.05, 0.1) is 22.1 Å². The van der Waals surface area contributed by atoms with Gasteiger partial charge in [0, 0.05) is 13.1 Å². The maximum absolute atomic E-state index is 14.6. The standard InChI is InChI=1S/C38H65N5O7S/c1-11-21-39-32(46)29(44)27(18-17-25-15-16-25)40-31(45)28-22-26(35(2,3)4)23-43(28)33(47)30(36(5,6)7)41-34(48)42-38(19-13-12-14-20-38)24-51(49,50)37(8,9)10/h11,25-28,30H,1,12-24H2,2-10H3,(H,39,46)(H,40,45)(H2,41,42,48). The van der Waals surface area contributed by atoms with Crippen LogP contribution in [0.15, 0.2) is 12.7 Å². The van der Waals surface area contributed by atoms with Crippen LogP contribution in [0.2, 0.25) is 0 Å². The van der Waals surface area contributed by atoms with Crippen LogP contribution in [0, 0.1) is 22.7 Å². The molecule has 4 unspecified atom stereocenters. The Morgan fingerprint density at radius 2 is 1.53 bits per heavy atom. The molecular formula is C38H65N5O7S. The molecule has 1 aliphatic heterocycles. The van der Waals surface area contributed by atoms with E-state index in [1.165, 1.54) is 11.0 Å². The number of carbonyl (C=O) groups excluding carboxylic acids is 5. The predicted octanol–water partition coefficient (Wildman–Crippen LogP) is 4.43. The van der Waals surface area contributed by atoms with Gasteiger partial charge in [0.2, 0.25) is 17.6 Å². The third kappa shape index (κ3) is 11.5. The number of carbonyl (C=O) groups is 5. The number of amides is 5. The van der Waals surface area contributed by atoms with Crippen molar-refractivity contribution in [3.05, 3.63) is 12.7 Å². The number of hydrogen-bond donors (Lipinski definition) is 4. The SMILES string of the molecule is C=CCNC(=O)C(=O)C(CCC1CC1)NC(=O)C1CC(C(C)(C)C)CN1C(=O)C(NC(=O)NC1(CS(=O)(=O)C(C)(C)C)CCCCC1)C(C)(C)C. The number of ketones is 1. The zero-order valence-electron chi connectivity index (χ0n) is 32.6. The van der Waals surface area contributed by atoms with E-state index in [0.29, 0.717) is 38.0 Å². The van der Waals surface area contributed by atoms with Crippen LogP contribution in [0.25, 0.3) is 0 Å². The molecule has 4 N–H and O–H groups in total. The van der Waals surface area contributed by atoms with Crippen LogP contribution in [0.4, 0.5) is 4.79 Å². The zero-order valence-corrected chi connectivity index (χ0v) is 33.4. The first-order valence-corrected chi connectivity index (χ1v) is 20.4. The van der Waals surface area contributed by atoms with Crippen LogP contribution in [0.5, 0.6) is 0 Å². The monoisotopic (exact) mass is 735 g/mol. The second-order valence-electron chi connectivity index (χ2n) is 18.4. The Morgan fingerprint density at radius 3 is 2.04 bits per heavy atom. The van der Waals surface area contributed by atoms with Crippen molar-refractivity contribution in [2.24, 2.45) is 22.7 Å². The number of hydrogen-bond acceptors (Lipinski definition) is 7. The molecule has 4 atom stereocenters. The molecule has 0 bridgehead atoms. The Morgan fingerprint density at radius 1 is 0.922 bits per heavy atom. The van der Waals surface area contributed by atoms with Gasteiger partial charge in [-0.2, -0.15) is 0 Å². The quantitative estimate of drug-likeness (QED) is 0.151. The van der Waals surface area contributed by atoms with Crippen LogP contribution in [-0.4, -0.2) is 90.1 Å².